The lowest BCUT2D eigenvalue weighted by Crippen LogP contribution is -2.05. The predicted molar refractivity (Wildman–Crippen MR) is 78.2 cm³/mol. The van der Waals surface area contributed by atoms with Crippen molar-refractivity contribution >= 4 is 27.5 Å². The van der Waals surface area contributed by atoms with Gasteiger partial charge in [-0.3, -0.25) is 0 Å². The molecule has 0 aromatic heterocycles. The number of halogens is 3. The van der Waals surface area contributed by atoms with E-state index in [1.54, 1.807) is 37.3 Å². The molecule has 0 saturated heterocycles. The Morgan fingerprint density at radius 3 is 2.47 bits per heavy atom. The quantitative estimate of drug-likeness (QED) is 0.845. The first-order chi connectivity index (χ1) is 8.97. The second kappa shape index (κ2) is 5.90. The van der Waals surface area contributed by atoms with Gasteiger partial charge in [-0.2, -0.15) is 0 Å². The van der Waals surface area contributed by atoms with Gasteiger partial charge in [-0.1, -0.05) is 17.7 Å². The summed E-state index contributed by atoms with van der Waals surface area (Å²) in [5.41, 5.74) is 6.42. The molecule has 19 heavy (non-hydrogen) atoms. The van der Waals surface area contributed by atoms with E-state index in [0.717, 1.165) is 5.56 Å². The smallest absolute Gasteiger partial charge is 0.166 e. The molecule has 0 heterocycles. The van der Waals surface area contributed by atoms with E-state index in [9.17, 15) is 4.39 Å². The second-order valence-corrected chi connectivity index (χ2v) is 5.45. The van der Waals surface area contributed by atoms with Crippen LogP contribution in [0.15, 0.2) is 40.9 Å². The Morgan fingerprint density at radius 2 is 1.89 bits per heavy atom. The fraction of sp³-hybridized carbons (Fsp3) is 0.143. The van der Waals surface area contributed by atoms with Crippen LogP contribution in [0, 0.1) is 5.82 Å². The third-order valence-electron chi connectivity index (χ3n) is 2.60. The Morgan fingerprint density at radius 1 is 1.21 bits per heavy atom. The zero-order chi connectivity index (χ0) is 14.0. The molecule has 2 nitrogen and oxygen atoms in total. The summed E-state index contributed by atoms with van der Waals surface area (Å²) in [7, 11) is 0. The van der Waals surface area contributed by atoms with Gasteiger partial charge in [0.15, 0.2) is 11.6 Å². The highest BCUT2D eigenvalue weighted by Crippen LogP contribution is 2.33. The van der Waals surface area contributed by atoms with E-state index in [2.05, 4.69) is 15.9 Å². The third-order valence-corrected chi connectivity index (χ3v) is 3.45. The minimum Gasteiger partial charge on any atom is -0.453 e. The van der Waals surface area contributed by atoms with Crippen LogP contribution in [0.1, 0.15) is 18.5 Å². The lowest BCUT2D eigenvalue weighted by Gasteiger charge is -2.11. The molecular formula is C14H12BrClFNO. The molecule has 2 rings (SSSR count). The number of rotatable bonds is 3. The fourth-order valence-corrected chi connectivity index (χ4v) is 2.32. The van der Waals surface area contributed by atoms with Gasteiger partial charge in [0.1, 0.15) is 5.75 Å². The van der Waals surface area contributed by atoms with E-state index < -0.39 is 5.82 Å². The van der Waals surface area contributed by atoms with Crippen LogP contribution in [-0.2, 0) is 0 Å². The van der Waals surface area contributed by atoms with Crippen LogP contribution in [0.3, 0.4) is 0 Å². The highest BCUT2D eigenvalue weighted by Gasteiger charge is 2.10. The van der Waals surface area contributed by atoms with Crippen molar-refractivity contribution < 1.29 is 9.13 Å². The van der Waals surface area contributed by atoms with Gasteiger partial charge in [0.05, 0.1) is 4.47 Å². The highest BCUT2D eigenvalue weighted by molar-refractivity contribution is 9.10. The zero-order valence-corrected chi connectivity index (χ0v) is 12.5. The lowest BCUT2D eigenvalue weighted by molar-refractivity contribution is 0.439. The molecule has 0 radical (unpaired) electrons. The minimum atomic E-state index is -0.448. The number of nitrogens with two attached hydrogens (primary N) is 1. The van der Waals surface area contributed by atoms with Crippen molar-refractivity contribution in [3.8, 4) is 11.5 Å². The number of benzene rings is 2. The molecule has 2 N–H and O–H groups in total. The summed E-state index contributed by atoms with van der Waals surface area (Å²) in [5.74, 6) is 0.195. The average Bonchev–Trinajstić information content (AvgIpc) is 2.34. The summed E-state index contributed by atoms with van der Waals surface area (Å²) in [6.07, 6.45) is 0. The van der Waals surface area contributed by atoms with Gasteiger partial charge < -0.3 is 10.5 Å². The van der Waals surface area contributed by atoms with Crippen LogP contribution in [-0.4, -0.2) is 0 Å². The van der Waals surface area contributed by atoms with Gasteiger partial charge in [-0.15, -0.1) is 0 Å². The Balaban J connectivity index is 2.28. The van der Waals surface area contributed by atoms with Gasteiger partial charge in [-0.25, -0.2) is 4.39 Å². The monoisotopic (exact) mass is 343 g/mol. The molecule has 0 bridgehead atoms. The van der Waals surface area contributed by atoms with Crippen molar-refractivity contribution in [3.05, 3.63) is 57.3 Å². The van der Waals surface area contributed by atoms with E-state index in [1.165, 1.54) is 6.07 Å². The van der Waals surface area contributed by atoms with Crippen molar-refractivity contribution in [2.45, 2.75) is 13.0 Å². The van der Waals surface area contributed by atoms with Crippen LogP contribution in [0.5, 0.6) is 11.5 Å². The Kier molecular flexibility index (Phi) is 4.45. The van der Waals surface area contributed by atoms with Crippen LogP contribution in [0.25, 0.3) is 0 Å². The van der Waals surface area contributed by atoms with E-state index >= 15 is 0 Å². The van der Waals surface area contributed by atoms with Crippen LogP contribution in [0.4, 0.5) is 4.39 Å². The second-order valence-electron chi connectivity index (χ2n) is 4.16. The summed E-state index contributed by atoms with van der Waals surface area (Å²) >= 11 is 9.15. The van der Waals surface area contributed by atoms with Gasteiger partial charge >= 0.3 is 0 Å². The van der Waals surface area contributed by atoms with E-state index in [4.69, 9.17) is 22.1 Å². The predicted octanol–water partition coefficient (Wildman–Crippen LogP) is 5.05. The van der Waals surface area contributed by atoms with Crippen molar-refractivity contribution in [2.24, 2.45) is 5.73 Å². The van der Waals surface area contributed by atoms with E-state index in [-0.39, 0.29) is 11.8 Å². The fourth-order valence-electron chi connectivity index (χ4n) is 1.56. The molecule has 5 heteroatoms. The van der Waals surface area contributed by atoms with Gasteiger partial charge in [0, 0.05) is 11.1 Å². The highest BCUT2D eigenvalue weighted by atomic mass is 79.9. The first-order valence-electron chi connectivity index (χ1n) is 5.65. The molecule has 0 aliphatic rings. The number of hydrogen-bond acceptors (Lipinski definition) is 2. The molecule has 100 valence electrons. The SMILES string of the molecule is C[C@H](N)c1ccc(Oc2ccc(Cl)cc2Br)c(F)c1. The van der Waals surface area contributed by atoms with Crippen molar-refractivity contribution in [3.63, 3.8) is 0 Å². The molecule has 2 aromatic carbocycles. The first kappa shape index (κ1) is 14.3. The molecule has 0 aliphatic carbocycles. The zero-order valence-electron chi connectivity index (χ0n) is 10.2. The standard InChI is InChI=1S/C14H12BrClFNO/c1-8(18)9-2-4-14(12(17)6-9)19-13-5-3-10(16)7-11(13)15/h2-8H,18H2,1H3/t8-/m0/s1. The third kappa shape index (κ3) is 3.47. The molecule has 0 unspecified atom stereocenters. The maximum atomic E-state index is 13.9. The minimum absolute atomic E-state index is 0.146. The Bertz CT molecular complexity index is 604. The summed E-state index contributed by atoms with van der Waals surface area (Å²) in [6.45, 7) is 1.80. The van der Waals surface area contributed by atoms with Crippen LogP contribution in [0.2, 0.25) is 5.02 Å². The number of ether oxygens (including phenoxy) is 1. The Hall–Kier alpha value is -1.10. The summed E-state index contributed by atoms with van der Waals surface area (Å²) in [4.78, 5) is 0. The molecule has 0 saturated carbocycles. The largest absolute Gasteiger partial charge is 0.453 e. The topological polar surface area (TPSA) is 35.2 Å². The summed E-state index contributed by atoms with van der Waals surface area (Å²) in [5, 5.41) is 0.576. The lowest BCUT2D eigenvalue weighted by atomic mass is 10.1. The summed E-state index contributed by atoms with van der Waals surface area (Å²) < 4.78 is 20.1. The Labute approximate surface area is 124 Å². The maximum Gasteiger partial charge on any atom is 0.166 e. The van der Waals surface area contributed by atoms with Gasteiger partial charge in [0.25, 0.3) is 0 Å². The van der Waals surface area contributed by atoms with Crippen LogP contribution < -0.4 is 10.5 Å². The normalized spacial score (nSPS) is 12.3. The molecule has 0 spiro atoms. The molecule has 1 atom stereocenters. The number of hydrogen-bond donors (Lipinski definition) is 1. The molecule has 0 fully saturated rings. The maximum absolute atomic E-state index is 13.9. The molecule has 0 aliphatic heterocycles. The van der Waals surface area contributed by atoms with Crippen molar-refractivity contribution in [1.29, 1.82) is 0 Å². The summed E-state index contributed by atoms with van der Waals surface area (Å²) in [6, 6.07) is 9.50. The molecule has 2 aromatic rings. The van der Waals surface area contributed by atoms with Crippen molar-refractivity contribution in [1.82, 2.24) is 0 Å². The first-order valence-corrected chi connectivity index (χ1v) is 6.82. The van der Waals surface area contributed by atoms with Crippen molar-refractivity contribution in [2.75, 3.05) is 0 Å². The molecule has 0 amide bonds. The molecular weight excluding hydrogens is 333 g/mol. The van der Waals surface area contributed by atoms with E-state index in [1.807, 2.05) is 0 Å². The van der Waals surface area contributed by atoms with Crippen LogP contribution >= 0.6 is 27.5 Å². The average molecular weight is 345 g/mol. The van der Waals surface area contributed by atoms with Gasteiger partial charge in [0.2, 0.25) is 0 Å². The van der Waals surface area contributed by atoms with E-state index in [0.29, 0.717) is 15.2 Å². The van der Waals surface area contributed by atoms with Gasteiger partial charge in [-0.05, 0) is 58.7 Å².